The average Bonchev–Trinajstić information content (AvgIpc) is 2.45. The summed E-state index contributed by atoms with van der Waals surface area (Å²) in [6.45, 7) is 10.9. The molecule has 0 radical (unpaired) electrons. The van der Waals surface area contributed by atoms with Crippen molar-refractivity contribution in [3.63, 3.8) is 0 Å². The molecule has 0 saturated heterocycles. The summed E-state index contributed by atoms with van der Waals surface area (Å²) in [5.41, 5.74) is 1.88. The van der Waals surface area contributed by atoms with E-state index in [0.29, 0.717) is 13.1 Å². The van der Waals surface area contributed by atoms with Crippen LogP contribution in [0, 0.1) is 0 Å². The topological polar surface area (TPSA) is 38.8 Å². The fraction of sp³-hybridized carbons (Fsp3) is 0.526. The van der Waals surface area contributed by atoms with Gasteiger partial charge in [0.1, 0.15) is 11.4 Å². The molecule has 1 heterocycles. The fourth-order valence-corrected chi connectivity index (χ4v) is 2.49. The second-order valence-corrected chi connectivity index (χ2v) is 7.07. The molecular formula is C19H27NO3. The molecule has 2 rings (SSSR count). The van der Waals surface area contributed by atoms with Crippen molar-refractivity contribution >= 4 is 11.7 Å². The van der Waals surface area contributed by atoms with Crippen molar-refractivity contribution in [1.29, 1.82) is 0 Å². The lowest BCUT2D eigenvalue weighted by molar-refractivity contribution is 0.0270. The molecular weight excluding hydrogens is 290 g/mol. The summed E-state index contributed by atoms with van der Waals surface area (Å²) in [6, 6.07) is 8.07. The number of para-hydroxylation sites is 1. The maximum atomic E-state index is 12.1. The van der Waals surface area contributed by atoms with E-state index in [4.69, 9.17) is 9.47 Å². The number of ether oxygens (including phenoxy) is 2. The van der Waals surface area contributed by atoms with E-state index in [1.54, 1.807) is 4.90 Å². The van der Waals surface area contributed by atoms with Gasteiger partial charge in [0.25, 0.3) is 0 Å². The zero-order valence-electron chi connectivity index (χ0n) is 14.8. The van der Waals surface area contributed by atoms with Gasteiger partial charge in [0.05, 0.1) is 6.10 Å². The number of rotatable bonds is 3. The summed E-state index contributed by atoms with van der Waals surface area (Å²) in [5.74, 6) is 0.902. The largest absolute Gasteiger partial charge is 0.490 e. The van der Waals surface area contributed by atoms with Gasteiger partial charge in [0, 0.05) is 18.7 Å². The summed E-state index contributed by atoms with van der Waals surface area (Å²) < 4.78 is 11.3. The van der Waals surface area contributed by atoms with Crippen molar-refractivity contribution in [3.05, 3.63) is 35.9 Å². The van der Waals surface area contributed by atoms with E-state index in [1.807, 2.05) is 52.8 Å². The van der Waals surface area contributed by atoms with Gasteiger partial charge in [0.15, 0.2) is 0 Å². The first kappa shape index (κ1) is 17.4. The van der Waals surface area contributed by atoms with Crippen LogP contribution in [0.5, 0.6) is 5.75 Å². The Labute approximate surface area is 139 Å². The van der Waals surface area contributed by atoms with Crippen molar-refractivity contribution in [2.24, 2.45) is 0 Å². The predicted octanol–water partition coefficient (Wildman–Crippen LogP) is 4.50. The molecule has 1 aromatic rings. The molecule has 4 heteroatoms. The van der Waals surface area contributed by atoms with Gasteiger partial charge >= 0.3 is 6.09 Å². The first-order valence-corrected chi connectivity index (χ1v) is 8.19. The molecule has 0 spiro atoms. The zero-order valence-corrected chi connectivity index (χ0v) is 14.8. The highest BCUT2D eigenvalue weighted by Gasteiger charge is 2.24. The Kier molecular flexibility index (Phi) is 5.34. The zero-order chi connectivity index (χ0) is 17.0. The molecule has 0 saturated carbocycles. The predicted molar refractivity (Wildman–Crippen MR) is 92.6 cm³/mol. The minimum absolute atomic E-state index is 0.138. The first-order chi connectivity index (χ1) is 10.8. The monoisotopic (exact) mass is 317 g/mol. The molecule has 0 bridgehead atoms. The third-order valence-corrected chi connectivity index (χ3v) is 3.46. The van der Waals surface area contributed by atoms with Crippen LogP contribution in [0.15, 0.2) is 30.3 Å². The first-order valence-electron chi connectivity index (χ1n) is 8.19. The molecule has 0 fully saturated rings. The Morgan fingerprint density at radius 3 is 2.48 bits per heavy atom. The maximum Gasteiger partial charge on any atom is 0.410 e. The number of hydrogen-bond acceptors (Lipinski definition) is 3. The number of hydrogen-bond donors (Lipinski definition) is 0. The Balaban J connectivity index is 2.09. The van der Waals surface area contributed by atoms with Crippen LogP contribution in [0.1, 0.15) is 46.6 Å². The molecule has 23 heavy (non-hydrogen) atoms. The van der Waals surface area contributed by atoms with Crippen LogP contribution >= 0.6 is 0 Å². The Hall–Kier alpha value is -1.97. The van der Waals surface area contributed by atoms with Crippen LogP contribution in [0.25, 0.3) is 5.57 Å². The van der Waals surface area contributed by atoms with Crippen LogP contribution in [0.3, 0.4) is 0 Å². The standard InChI is InChI=1S/C19H27NO3/c1-14(2)22-17-9-7-6-8-16(17)15-10-12-20(13-11-15)18(21)23-19(3,4)5/h6-10,14H,11-13H2,1-5H3. The Morgan fingerprint density at radius 2 is 1.91 bits per heavy atom. The summed E-state index contributed by atoms with van der Waals surface area (Å²) >= 11 is 0. The minimum atomic E-state index is -0.460. The number of nitrogens with zero attached hydrogens (tertiary/aromatic N) is 1. The van der Waals surface area contributed by atoms with Crippen molar-refractivity contribution in [3.8, 4) is 5.75 Å². The van der Waals surface area contributed by atoms with Crippen LogP contribution < -0.4 is 4.74 Å². The summed E-state index contributed by atoms with van der Waals surface area (Å²) in [5, 5.41) is 0. The van der Waals surface area contributed by atoms with Crippen molar-refractivity contribution < 1.29 is 14.3 Å². The molecule has 0 unspecified atom stereocenters. The number of amides is 1. The molecule has 1 aliphatic rings. The van der Waals surface area contributed by atoms with Crippen molar-refractivity contribution in [1.82, 2.24) is 4.90 Å². The van der Waals surface area contributed by atoms with Gasteiger partial charge in [-0.05, 0) is 52.7 Å². The molecule has 4 nitrogen and oxygen atoms in total. The van der Waals surface area contributed by atoms with E-state index in [1.165, 1.54) is 5.57 Å². The Morgan fingerprint density at radius 1 is 1.22 bits per heavy atom. The van der Waals surface area contributed by atoms with Crippen LogP contribution in [0.4, 0.5) is 4.79 Å². The van der Waals surface area contributed by atoms with Gasteiger partial charge in [-0.2, -0.15) is 0 Å². The van der Waals surface area contributed by atoms with Crippen LogP contribution in [-0.2, 0) is 4.74 Å². The van der Waals surface area contributed by atoms with Gasteiger partial charge in [-0.3, -0.25) is 0 Å². The molecule has 0 aliphatic carbocycles. The van der Waals surface area contributed by atoms with E-state index in [9.17, 15) is 4.79 Å². The third-order valence-electron chi connectivity index (χ3n) is 3.46. The molecule has 0 N–H and O–H groups in total. The average molecular weight is 317 g/mol. The highest BCUT2D eigenvalue weighted by Crippen LogP contribution is 2.31. The minimum Gasteiger partial charge on any atom is -0.490 e. The molecule has 1 aromatic carbocycles. The van der Waals surface area contributed by atoms with Crippen LogP contribution in [0.2, 0.25) is 0 Å². The van der Waals surface area contributed by atoms with Crippen molar-refractivity contribution in [2.75, 3.05) is 13.1 Å². The molecule has 126 valence electrons. The van der Waals surface area contributed by atoms with Gasteiger partial charge < -0.3 is 14.4 Å². The lowest BCUT2D eigenvalue weighted by atomic mass is 9.98. The highest BCUT2D eigenvalue weighted by atomic mass is 16.6. The lowest BCUT2D eigenvalue weighted by Crippen LogP contribution is -2.39. The summed E-state index contributed by atoms with van der Waals surface area (Å²) in [6.07, 6.45) is 2.78. The SMILES string of the molecule is CC(C)Oc1ccccc1C1=CCN(C(=O)OC(C)(C)C)CC1. The number of carbonyl (C=O) groups excluding carboxylic acids is 1. The fourth-order valence-electron chi connectivity index (χ4n) is 2.49. The molecule has 1 amide bonds. The normalized spacial score (nSPS) is 15.4. The van der Waals surface area contributed by atoms with Gasteiger partial charge in [-0.1, -0.05) is 24.3 Å². The van der Waals surface area contributed by atoms with Gasteiger partial charge in [-0.15, -0.1) is 0 Å². The quantitative estimate of drug-likeness (QED) is 0.824. The Bertz CT molecular complexity index is 585. The van der Waals surface area contributed by atoms with E-state index in [2.05, 4.69) is 12.1 Å². The molecule has 0 aromatic heterocycles. The van der Waals surface area contributed by atoms with Crippen LogP contribution in [-0.4, -0.2) is 35.8 Å². The molecule has 0 atom stereocenters. The van der Waals surface area contributed by atoms with E-state index < -0.39 is 5.60 Å². The van der Waals surface area contributed by atoms with E-state index in [0.717, 1.165) is 17.7 Å². The number of benzene rings is 1. The van der Waals surface area contributed by atoms with Crippen molar-refractivity contribution in [2.45, 2.75) is 52.7 Å². The second kappa shape index (κ2) is 7.07. The summed E-state index contributed by atoms with van der Waals surface area (Å²) in [4.78, 5) is 13.9. The maximum absolute atomic E-state index is 12.1. The smallest absolute Gasteiger partial charge is 0.410 e. The van der Waals surface area contributed by atoms with E-state index in [-0.39, 0.29) is 12.2 Å². The highest BCUT2D eigenvalue weighted by molar-refractivity contribution is 5.75. The van der Waals surface area contributed by atoms with Gasteiger partial charge in [-0.25, -0.2) is 4.79 Å². The van der Waals surface area contributed by atoms with Gasteiger partial charge in [0.2, 0.25) is 0 Å². The third kappa shape index (κ3) is 5.02. The molecule has 1 aliphatic heterocycles. The lowest BCUT2D eigenvalue weighted by Gasteiger charge is -2.30. The second-order valence-electron chi connectivity index (χ2n) is 7.07. The number of carbonyl (C=O) groups is 1. The van der Waals surface area contributed by atoms with E-state index >= 15 is 0 Å². The summed E-state index contributed by atoms with van der Waals surface area (Å²) in [7, 11) is 0.